The van der Waals surface area contributed by atoms with Crippen LogP contribution in [0.5, 0.6) is 0 Å². The van der Waals surface area contributed by atoms with Crippen molar-refractivity contribution >= 4 is 20.3 Å². The largest absolute Gasteiger partial charge is 0.481 e. The van der Waals surface area contributed by atoms with Crippen LogP contribution in [0.3, 0.4) is 0 Å². The molecule has 3 aliphatic carbocycles. The molecule has 0 radical (unpaired) electrons. The van der Waals surface area contributed by atoms with E-state index in [-0.39, 0.29) is 41.5 Å². The highest BCUT2D eigenvalue weighted by Crippen LogP contribution is 2.60. The summed E-state index contributed by atoms with van der Waals surface area (Å²) in [4.78, 5) is 23.8. The lowest BCUT2D eigenvalue weighted by Crippen LogP contribution is -2.44. The summed E-state index contributed by atoms with van der Waals surface area (Å²) in [7, 11) is -1.87. The van der Waals surface area contributed by atoms with Crippen molar-refractivity contribution in [2.75, 3.05) is 0 Å². The van der Waals surface area contributed by atoms with Gasteiger partial charge in [-0.3, -0.25) is 9.59 Å². The van der Waals surface area contributed by atoms with E-state index < -0.39 is 19.9 Å². The molecule has 0 aromatic carbocycles. The lowest BCUT2D eigenvalue weighted by atomic mass is 9.60. The third-order valence-corrected chi connectivity index (χ3v) is 16.2. The van der Waals surface area contributed by atoms with Crippen molar-refractivity contribution in [2.24, 2.45) is 23.2 Å². The zero-order valence-corrected chi connectivity index (χ0v) is 31.0. The van der Waals surface area contributed by atoms with Crippen molar-refractivity contribution in [3.05, 3.63) is 35.5 Å². The number of carbonyl (C=O) groups excluding carboxylic acids is 1. The van der Waals surface area contributed by atoms with E-state index in [9.17, 15) is 14.7 Å². The van der Waals surface area contributed by atoms with Crippen molar-refractivity contribution in [2.45, 2.75) is 168 Å². The lowest BCUT2D eigenvalue weighted by molar-refractivity contribution is -0.153. The molecule has 6 nitrogen and oxygen atoms in total. The summed E-state index contributed by atoms with van der Waals surface area (Å²) in [5, 5.41) is 19.4. The molecule has 3 rings (SSSR count). The normalized spacial score (nSPS) is 30.4. The van der Waals surface area contributed by atoms with Crippen molar-refractivity contribution in [1.82, 2.24) is 0 Å². The fourth-order valence-corrected chi connectivity index (χ4v) is 9.49. The summed E-state index contributed by atoms with van der Waals surface area (Å²) in [5.41, 5.74) is 3.22. The predicted octanol–water partition coefficient (Wildman–Crippen LogP) is 9.54. The summed E-state index contributed by atoms with van der Waals surface area (Å²) < 4.78 is 12.9. The first-order chi connectivity index (χ1) is 20.7. The third kappa shape index (κ3) is 10.4. The van der Waals surface area contributed by atoms with Gasteiger partial charge >= 0.3 is 11.9 Å². The average Bonchev–Trinajstić information content (AvgIpc) is 3.23. The number of aliphatic hydroxyl groups is 1. The van der Waals surface area contributed by atoms with Crippen molar-refractivity contribution in [3.63, 3.8) is 0 Å². The molecule has 1 unspecified atom stereocenters. The zero-order valence-electron chi connectivity index (χ0n) is 30.0. The second-order valence-corrected chi connectivity index (χ2v) is 21.7. The molecule has 0 aromatic heterocycles. The van der Waals surface area contributed by atoms with Crippen molar-refractivity contribution in [3.8, 4) is 0 Å². The van der Waals surface area contributed by atoms with Gasteiger partial charge in [0.25, 0.3) is 0 Å². The smallest absolute Gasteiger partial charge is 0.306 e. The maximum atomic E-state index is 12.8. The highest BCUT2D eigenvalue weighted by molar-refractivity contribution is 6.74. The van der Waals surface area contributed by atoms with Gasteiger partial charge < -0.3 is 19.4 Å². The van der Waals surface area contributed by atoms with E-state index in [1.54, 1.807) is 0 Å². The molecular formula is C38H64O6Si. The Morgan fingerprint density at radius 1 is 1.04 bits per heavy atom. The van der Waals surface area contributed by atoms with Gasteiger partial charge in [-0.15, -0.1) is 0 Å². The van der Waals surface area contributed by atoms with Gasteiger partial charge in [-0.1, -0.05) is 77.3 Å². The van der Waals surface area contributed by atoms with Gasteiger partial charge in [0.2, 0.25) is 0 Å². The summed E-state index contributed by atoms with van der Waals surface area (Å²) in [6.45, 7) is 24.5. The number of esters is 1. The molecule has 3 fully saturated rings. The van der Waals surface area contributed by atoms with Crippen LogP contribution in [-0.4, -0.2) is 48.3 Å². The Morgan fingerprint density at radius 2 is 1.73 bits per heavy atom. The van der Waals surface area contributed by atoms with E-state index in [0.717, 1.165) is 64.2 Å². The topological polar surface area (TPSA) is 93.1 Å². The lowest BCUT2D eigenvalue weighted by Gasteiger charge is -2.47. The molecule has 7 heteroatoms. The van der Waals surface area contributed by atoms with E-state index in [0.29, 0.717) is 24.2 Å². The van der Waals surface area contributed by atoms with Crippen LogP contribution in [-0.2, 0) is 18.8 Å². The van der Waals surface area contributed by atoms with E-state index in [1.807, 2.05) is 13.8 Å². The molecule has 0 bridgehead atoms. The fourth-order valence-electron chi connectivity index (χ4n) is 8.10. The van der Waals surface area contributed by atoms with Crippen molar-refractivity contribution < 1.29 is 29.0 Å². The van der Waals surface area contributed by atoms with Crippen LogP contribution >= 0.6 is 0 Å². The van der Waals surface area contributed by atoms with Crippen LogP contribution in [0.25, 0.3) is 0 Å². The summed E-state index contributed by atoms with van der Waals surface area (Å²) >= 11 is 0. The minimum Gasteiger partial charge on any atom is -0.481 e. The molecule has 45 heavy (non-hydrogen) atoms. The van der Waals surface area contributed by atoms with Gasteiger partial charge in [-0.05, 0) is 112 Å². The van der Waals surface area contributed by atoms with Gasteiger partial charge in [0, 0.05) is 25.4 Å². The Kier molecular flexibility index (Phi) is 12.6. The standard InChI is InChI=1S/C38H64O6Si/c1-26-16-19-30(44-45(9,10)36(3,4)5)23-28(26)17-18-29-24-31(43-35(41)15-11-14-34(39)40)25-38(8)32(20-21-33(29)38)27(2)13-12-22-37(6,7)42/h17-18,27,30-33,42H,1,11-16,19-25H2,2-10H3,(H,39,40)/b28-17-,29-18+/t27-,30+,31+,32-,33?,38-/m1/s1. The second kappa shape index (κ2) is 15.0. The minimum atomic E-state index is -1.87. The fraction of sp³-hybridized carbons (Fsp3) is 0.789. The number of hydrogen-bond donors (Lipinski definition) is 2. The van der Waals surface area contributed by atoms with Crippen LogP contribution in [0.1, 0.15) is 132 Å². The Balaban J connectivity index is 1.84. The van der Waals surface area contributed by atoms with E-state index in [4.69, 9.17) is 14.3 Å². The number of aliphatic carboxylic acids is 1. The second-order valence-electron chi connectivity index (χ2n) is 17.0. The van der Waals surface area contributed by atoms with Gasteiger partial charge in [-0.2, -0.15) is 0 Å². The van der Waals surface area contributed by atoms with Crippen LogP contribution in [0.2, 0.25) is 18.1 Å². The zero-order chi connectivity index (χ0) is 33.8. The number of hydrogen-bond acceptors (Lipinski definition) is 5. The minimum absolute atomic E-state index is 0.0142. The molecule has 3 aliphatic rings. The molecular weight excluding hydrogens is 580 g/mol. The van der Waals surface area contributed by atoms with E-state index in [1.165, 1.54) is 16.7 Å². The highest BCUT2D eigenvalue weighted by Gasteiger charge is 2.53. The Hall–Kier alpha value is -1.70. The third-order valence-electron chi connectivity index (χ3n) is 11.6. The molecule has 0 spiro atoms. The molecule has 3 saturated carbocycles. The molecule has 6 atom stereocenters. The van der Waals surface area contributed by atoms with E-state index >= 15 is 0 Å². The molecule has 0 saturated heterocycles. The molecule has 0 amide bonds. The predicted molar refractivity (Wildman–Crippen MR) is 185 cm³/mol. The first-order valence-corrected chi connectivity index (χ1v) is 20.5. The number of ether oxygens (including phenoxy) is 1. The van der Waals surface area contributed by atoms with Crippen LogP contribution in [0, 0.1) is 23.2 Å². The Labute approximate surface area is 275 Å². The highest BCUT2D eigenvalue weighted by atomic mass is 28.4. The number of rotatable bonds is 13. The van der Waals surface area contributed by atoms with Gasteiger partial charge in [0.1, 0.15) is 6.10 Å². The first-order valence-electron chi connectivity index (χ1n) is 17.6. The molecule has 0 aromatic rings. The molecule has 0 aliphatic heterocycles. The van der Waals surface area contributed by atoms with Gasteiger partial charge in [0.15, 0.2) is 8.32 Å². The monoisotopic (exact) mass is 644 g/mol. The van der Waals surface area contributed by atoms with Crippen LogP contribution in [0.15, 0.2) is 35.5 Å². The number of allylic oxidation sites excluding steroid dienone is 3. The Morgan fingerprint density at radius 3 is 2.36 bits per heavy atom. The summed E-state index contributed by atoms with van der Waals surface area (Å²) in [6, 6.07) is 0. The Bertz CT molecular complexity index is 1120. The first kappa shape index (κ1) is 37.8. The number of carbonyl (C=O) groups is 2. The summed E-state index contributed by atoms with van der Waals surface area (Å²) in [5.74, 6) is 0.288. The number of carboxylic acids is 1. The number of carboxylic acid groups (broad SMARTS) is 1. The molecule has 256 valence electrons. The quantitative estimate of drug-likeness (QED) is 0.153. The van der Waals surface area contributed by atoms with Gasteiger partial charge in [-0.25, -0.2) is 0 Å². The van der Waals surface area contributed by atoms with Crippen molar-refractivity contribution in [1.29, 1.82) is 0 Å². The SMILES string of the molecule is C=C1CC[C@H](O[Si](C)(C)C(C)(C)C)C/C1=C/C=C1\C[C@H](OC(=O)CCCC(=O)O)C[C@@]2(C)C1CC[C@@H]2[C@H](C)CCCC(C)(C)O. The van der Waals surface area contributed by atoms with Crippen LogP contribution in [0.4, 0.5) is 0 Å². The maximum Gasteiger partial charge on any atom is 0.306 e. The van der Waals surface area contributed by atoms with Gasteiger partial charge in [0.05, 0.1) is 5.60 Å². The average molecular weight is 645 g/mol. The van der Waals surface area contributed by atoms with E-state index in [2.05, 4.69) is 66.4 Å². The van der Waals surface area contributed by atoms with Crippen LogP contribution < -0.4 is 0 Å². The maximum absolute atomic E-state index is 12.8. The molecule has 2 N–H and O–H groups in total. The number of fused-ring (bicyclic) bond motifs is 1. The summed E-state index contributed by atoms with van der Waals surface area (Å²) in [6.07, 6.45) is 14.6. The molecule has 0 heterocycles.